The van der Waals surface area contributed by atoms with Crippen molar-refractivity contribution in [3.63, 3.8) is 0 Å². The molecule has 0 spiro atoms. The van der Waals surface area contributed by atoms with Gasteiger partial charge >= 0.3 is 0 Å². The third-order valence-corrected chi connectivity index (χ3v) is 11.5. The lowest BCUT2D eigenvalue weighted by atomic mass is 9.95. The maximum atomic E-state index is 5.39. The lowest BCUT2D eigenvalue weighted by molar-refractivity contribution is 1.01. The first kappa shape index (κ1) is 30.9. The Hall–Kier alpha value is -7.56. The van der Waals surface area contributed by atoms with Crippen molar-refractivity contribution in [3.05, 3.63) is 194 Å². The van der Waals surface area contributed by atoms with E-state index in [-0.39, 0.29) is 0 Å². The molecule has 12 aromatic rings. The molecule has 0 aliphatic heterocycles. The zero-order chi connectivity index (χ0) is 36.7. The molecule has 4 nitrogen and oxygen atoms in total. The molecule has 0 aliphatic rings. The Balaban J connectivity index is 1.27. The van der Waals surface area contributed by atoms with Gasteiger partial charge in [0, 0.05) is 43.6 Å². The molecule has 260 valence electrons. The van der Waals surface area contributed by atoms with Crippen LogP contribution in [0.5, 0.6) is 0 Å². The molecule has 0 saturated heterocycles. The molecular formula is C52H32N4. The minimum atomic E-state index is 0.655. The van der Waals surface area contributed by atoms with Gasteiger partial charge in [0.25, 0.3) is 0 Å². The monoisotopic (exact) mass is 712 g/mol. The molecule has 56 heavy (non-hydrogen) atoms. The van der Waals surface area contributed by atoms with Gasteiger partial charge in [-0.25, -0.2) is 9.97 Å². The first-order valence-corrected chi connectivity index (χ1v) is 19.1. The highest BCUT2D eigenvalue weighted by molar-refractivity contribution is 6.38. The van der Waals surface area contributed by atoms with Gasteiger partial charge in [0.2, 0.25) is 5.95 Å². The quantitative estimate of drug-likeness (QED) is 0.170. The Morgan fingerprint density at radius 1 is 0.321 bits per heavy atom. The normalized spacial score (nSPS) is 11.9. The molecule has 0 fully saturated rings. The fourth-order valence-electron chi connectivity index (χ4n) is 9.14. The van der Waals surface area contributed by atoms with Crippen molar-refractivity contribution in [2.75, 3.05) is 0 Å². The van der Waals surface area contributed by atoms with Crippen LogP contribution in [0.15, 0.2) is 194 Å². The first-order chi connectivity index (χ1) is 27.8. The highest BCUT2D eigenvalue weighted by Gasteiger charge is 2.25. The van der Waals surface area contributed by atoms with Crippen LogP contribution in [-0.4, -0.2) is 19.1 Å². The third-order valence-electron chi connectivity index (χ3n) is 11.5. The molecule has 0 bridgehead atoms. The minimum Gasteiger partial charge on any atom is -0.309 e. The van der Waals surface area contributed by atoms with E-state index < -0.39 is 0 Å². The second-order valence-corrected chi connectivity index (χ2v) is 14.5. The standard InChI is InChI=1S/C52H32N4/c1-3-16-33(17-4-1)35-20-15-21-36(32-35)55-46-31-30-45-47(49(46)48-39-24-9-7-22-37(39)38-23-8-10-25-40(38)51(48)55)42-27-12-14-29-44(42)56(45)52-53-43-28-13-11-26-41(43)50(54-52)34-18-5-2-6-19-34/h1-32H. The fraction of sp³-hybridized carbons (Fsp3) is 0. The number of rotatable bonds is 4. The van der Waals surface area contributed by atoms with Crippen molar-refractivity contribution in [2.45, 2.75) is 0 Å². The number of nitrogens with zero attached hydrogens (tertiary/aromatic N) is 4. The Morgan fingerprint density at radius 3 is 1.66 bits per heavy atom. The van der Waals surface area contributed by atoms with E-state index in [0.717, 1.165) is 44.4 Å². The summed E-state index contributed by atoms with van der Waals surface area (Å²) in [5, 5.41) is 10.8. The third kappa shape index (κ3) is 4.41. The Labute approximate surface area is 322 Å². The van der Waals surface area contributed by atoms with Crippen LogP contribution in [0.1, 0.15) is 0 Å². The van der Waals surface area contributed by atoms with E-state index in [1.807, 2.05) is 6.07 Å². The summed E-state index contributed by atoms with van der Waals surface area (Å²) in [5.41, 5.74) is 10.9. The first-order valence-electron chi connectivity index (χ1n) is 19.1. The summed E-state index contributed by atoms with van der Waals surface area (Å²) < 4.78 is 4.77. The van der Waals surface area contributed by atoms with Gasteiger partial charge in [-0.05, 0) is 63.7 Å². The molecule has 0 unspecified atom stereocenters. The van der Waals surface area contributed by atoms with Gasteiger partial charge < -0.3 is 4.57 Å². The second kappa shape index (κ2) is 12.0. The zero-order valence-corrected chi connectivity index (χ0v) is 30.3. The van der Waals surface area contributed by atoms with Gasteiger partial charge in [0.15, 0.2) is 0 Å². The summed E-state index contributed by atoms with van der Waals surface area (Å²) in [4.78, 5) is 10.7. The number of benzene rings is 9. The molecule has 9 aromatic carbocycles. The molecule has 0 aliphatic carbocycles. The van der Waals surface area contributed by atoms with E-state index in [2.05, 4.69) is 197 Å². The number of aromatic nitrogens is 4. The molecule has 0 amide bonds. The van der Waals surface area contributed by atoms with E-state index in [1.54, 1.807) is 0 Å². The molecule has 0 atom stereocenters. The van der Waals surface area contributed by atoms with E-state index in [4.69, 9.17) is 9.97 Å². The molecule has 0 radical (unpaired) electrons. The van der Waals surface area contributed by atoms with Crippen LogP contribution in [0.4, 0.5) is 0 Å². The maximum Gasteiger partial charge on any atom is 0.235 e. The van der Waals surface area contributed by atoms with Gasteiger partial charge in [-0.15, -0.1) is 0 Å². The smallest absolute Gasteiger partial charge is 0.235 e. The minimum absolute atomic E-state index is 0.655. The Morgan fingerprint density at radius 2 is 0.893 bits per heavy atom. The summed E-state index contributed by atoms with van der Waals surface area (Å²) in [6.07, 6.45) is 0. The summed E-state index contributed by atoms with van der Waals surface area (Å²) >= 11 is 0. The van der Waals surface area contributed by atoms with Crippen LogP contribution >= 0.6 is 0 Å². The highest BCUT2D eigenvalue weighted by atomic mass is 15.2. The maximum absolute atomic E-state index is 5.39. The van der Waals surface area contributed by atoms with Crippen molar-refractivity contribution in [2.24, 2.45) is 0 Å². The molecule has 0 saturated carbocycles. The van der Waals surface area contributed by atoms with Crippen LogP contribution in [0.25, 0.3) is 110 Å². The number of hydrogen-bond donors (Lipinski definition) is 0. The van der Waals surface area contributed by atoms with Gasteiger partial charge in [-0.2, -0.15) is 0 Å². The van der Waals surface area contributed by atoms with E-state index in [0.29, 0.717) is 5.95 Å². The van der Waals surface area contributed by atoms with Crippen LogP contribution in [-0.2, 0) is 0 Å². The molecular weight excluding hydrogens is 681 g/mol. The second-order valence-electron chi connectivity index (χ2n) is 14.5. The predicted octanol–water partition coefficient (Wildman–Crippen LogP) is 13.5. The lowest BCUT2D eigenvalue weighted by Crippen LogP contribution is -2.03. The van der Waals surface area contributed by atoms with Gasteiger partial charge in [0.1, 0.15) is 0 Å². The lowest BCUT2D eigenvalue weighted by Gasteiger charge is -2.13. The van der Waals surface area contributed by atoms with Gasteiger partial charge in [-0.3, -0.25) is 4.57 Å². The van der Waals surface area contributed by atoms with Gasteiger partial charge in [0.05, 0.1) is 33.3 Å². The number of fused-ring (bicyclic) bond motifs is 13. The topological polar surface area (TPSA) is 35.6 Å². The van der Waals surface area contributed by atoms with Crippen LogP contribution in [0, 0.1) is 0 Å². The molecule has 3 heterocycles. The summed E-state index contributed by atoms with van der Waals surface area (Å²) in [7, 11) is 0. The number of para-hydroxylation sites is 2. The highest BCUT2D eigenvalue weighted by Crippen LogP contribution is 2.47. The summed E-state index contributed by atoms with van der Waals surface area (Å²) in [5.74, 6) is 0.655. The largest absolute Gasteiger partial charge is 0.309 e. The number of hydrogen-bond acceptors (Lipinski definition) is 2. The average molecular weight is 713 g/mol. The van der Waals surface area contributed by atoms with Crippen molar-refractivity contribution in [1.82, 2.24) is 19.1 Å². The van der Waals surface area contributed by atoms with Crippen molar-refractivity contribution in [3.8, 4) is 34.0 Å². The molecule has 3 aromatic heterocycles. The van der Waals surface area contributed by atoms with E-state index >= 15 is 0 Å². The van der Waals surface area contributed by atoms with E-state index in [9.17, 15) is 0 Å². The Bertz CT molecular complexity index is 3520. The van der Waals surface area contributed by atoms with Crippen LogP contribution < -0.4 is 0 Å². The summed E-state index contributed by atoms with van der Waals surface area (Å²) in [6, 6.07) is 69.5. The van der Waals surface area contributed by atoms with Crippen molar-refractivity contribution in [1.29, 1.82) is 0 Å². The zero-order valence-electron chi connectivity index (χ0n) is 30.3. The fourth-order valence-corrected chi connectivity index (χ4v) is 9.14. The predicted molar refractivity (Wildman–Crippen MR) is 234 cm³/mol. The SMILES string of the molecule is c1ccc(-c2cccc(-n3c4ccc5c(c6ccccc6n5-c5nc(-c6ccccc6)c6ccccc6n5)c4c4c5ccccc5c5ccccc5c43)c2)cc1. The van der Waals surface area contributed by atoms with Crippen LogP contribution in [0.2, 0.25) is 0 Å². The van der Waals surface area contributed by atoms with Crippen molar-refractivity contribution >= 4 is 76.1 Å². The average Bonchev–Trinajstić information content (AvgIpc) is 3.80. The van der Waals surface area contributed by atoms with Gasteiger partial charge in [-0.1, -0.05) is 158 Å². The molecule has 12 rings (SSSR count). The Kier molecular flexibility index (Phi) is 6.60. The van der Waals surface area contributed by atoms with E-state index in [1.165, 1.54) is 59.7 Å². The molecule has 0 N–H and O–H groups in total. The molecule has 4 heteroatoms. The van der Waals surface area contributed by atoms with Crippen molar-refractivity contribution < 1.29 is 0 Å². The summed E-state index contributed by atoms with van der Waals surface area (Å²) in [6.45, 7) is 0. The van der Waals surface area contributed by atoms with Crippen LogP contribution in [0.3, 0.4) is 0 Å².